The number of carbonyl (C=O) groups excluding carboxylic acids is 2. The van der Waals surface area contributed by atoms with E-state index in [1.807, 2.05) is 0 Å². The Balaban J connectivity index is 3.44. The summed E-state index contributed by atoms with van der Waals surface area (Å²) in [6.07, 6.45) is 54.1. The standard InChI is InChI=1S/C48H90O5/c1-3-5-7-9-11-13-15-17-18-19-20-21-22-23-24-25-26-27-28-29-30-31-33-35-37-39-41-43-48(51)53-46(44-49)45-52-47(50)42-40-38-36-34-32-16-14-12-10-8-6-4-2/h12,14,19-20,46,49H,3-11,13,15-18,21-45H2,1-2H3/b14-12-,20-19-. The first-order chi connectivity index (χ1) is 26.1. The van der Waals surface area contributed by atoms with Crippen LogP contribution in [-0.2, 0) is 19.1 Å². The molecule has 5 heteroatoms. The lowest BCUT2D eigenvalue weighted by atomic mass is 10.0. The maximum Gasteiger partial charge on any atom is 0.306 e. The molecule has 0 aliphatic heterocycles. The molecule has 1 N–H and O–H groups in total. The number of aliphatic hydroxyl groups is 1. The van der Waals surface area contributed by atoms with Crippen molar-refractivity contribution in [2.45, 2.75) is 258 Å². The summed E-state index contributed by atoms with van der Waals surface area (Å²) in [5, 5.41) is 9.58. The van der Waals surface area contributed by atoms with Crippen LogP contribution in [-0.4, -0.2) is 36.4 Å². The fraction of sp³-hybridized carbons (Fsp3) is 0.875. The van der Waals surface area contributed by atoms with Crippen LogP contribution >= 0.6 is 0 Å². The van der Waals surface area contributed by atoms with Crippen LogP contribution in [0.25, 0.3) is 0 Å². The molecule has 0 amide bonds. The van der Waals surface area contributed by atoms with E-state index in [2.05, 4.69) is 38.2 Å². The van der Waals surface area contributed by atoms with Crippen LogP contribution in [0, 0.1) is 0 Å². The van der Waals surface area contributed by atoms with Crippen LogP contribution < -0.4 is 0 Å². The zero-order valence-corrected chi connectivity index (χ0v) is 35.5. The van der Waals surface area contributed by atoms with Crippen LogP contribution in [0.5, 0.6) is 0 Å². The third-order valence-corrected chi connectivity index (χ3v) is 10.5. The Hall–Kier alpha value is -1.62. The van der Waals surface area contributed by atoms with E-state index in [0.29, 0.717) is 12.8 Å². The highest BCUT2D eigenvalue weighted by molar-refractivity contribution is 5.70. The molecule has 0 aliphatic carbocycles. The third kappa shape index (κ3) is 43.0. The number of unbranched alkanes of at least 4 members (excludes halogenated alkanes) is 31. The molecule has 0 spiro atoms. The van der Waals surface area contributed by atoms with Crippen molar-refractivity contribution in [1.29, 1.82) is 0 Å². The Morgan fingerprint density at radius 1 is 0.415 bits per heavy atom. The summed E-state index contributed by atoms with van der Waals surface area (Å²) in [4.78, 5) is 24.3. The minimum atomic E-state index is -0.770. The molecule has 5 nitrogen and oxygen atoms in total. The highest BCUT2D eigenvalue weighted by atomic mass is 16.6. The van der Waals surface area contributed by atoms with Gasteiger partial charge in [-0.15, -0.1) is 0 Å². The van der Waals surface area contributed by atoms with E-state index in [1.54, 1.807) is 0 Å². The molecule has 0 fully saturated rings. The number of ether oxygens (including phenoxy) is 2. The lowest BCUT2D eigenvalue weighted by Crippen LogP contribution is -2.28. The van der Waals surface area contributed by atoms with Gasteiger partial charge in [-0.05, 0) is 64.2 Å². The first-order valence-corrected chi connectivity index (χ1v) is 23.4. The van der Waals surface area contributed by atoms with Gasteiger partial charge in [-0.1, -0.05) is 199 Å². The largest absolute Gasteiger partial charge is 0.462 e. The molecule has 0 aliphatic rings. The first-order valence-electron chi connectivity index (χ1n) is 23.4. The summed E-state index contributed by atoms with van der Waals surface area (Å²) in [6.45, 7) is 4.13. The van der Waals surface area contributed by atoms with Gasteiger partial charge in [0.15, 0.2) is 6.10 Å². The number of allylic oxidation sites excluding steroid dienone is 4. The normalized spacial score (nSPS) is 12.3. The molecule has 0 aromatic heterocycles. The Morgan fingerprint density at radius 2 is 0.698 bits per heavy atom. The Morgan fingerprint density at radius 3 is 1.06 bits per heavy atom. The van der Waals surface area contributed by atoms with Gasteiger partial charge in [0.1, 0.15) is 6.61 Å². The number of hydrogen-bond acceptors (Lipinski definition) is 5. The molecule has 0 aromatic carbocycles. The van der Waals surface area contributed by atoms with Crippen LogP contribution in [0.15, 0.2) is 24.3 Å². The van der Waals surface area contributed by atoms with Crippen molar-refractivity contribution in [3.05, 3.63) is 24.3 Å². The van der Waals surface area contributed by atoms with Crippen molar-refractivity contribution in [2.75, 3.05) is 13.2 Å². The lowest BCUT2D eigenvalue weighted by Gasteiger charge is -2.15. The van der Waals surface area contributed by atoms with Gasteiger partial charge in [0.25, 0.3) is 0 Å². The molecule has 0 saturated heterocycles. The fourth-order valence-electron chi connectivity index (χ4n) is 6.90. The minimum absolute atomic E-state index is 0.0663. The quantitative estimate of drug-likeness (QED) is 0.0382. The second-order valence-corrected chi connectivity index (χ2v) is 15.8. The van der Waals surface area contributed by atoms with Crippen molar-refractivity contribution in [3.63, 3.8) is 0 Å². The van der Waals surface area contributed by atoms with Crippen molar-refractivity contribution in [1.82, 2.24) is 0 Å². The number of carbonyl (C=O) groups is 2. The third-order valence-electron chi connectivity index (χ3n) is 10.5. The maximum atomic E-state index is 12.2. The lowest BCUT2D eigenvalue weighted by molar-refractivity contribution is -0.161. The van der Waals surface area contributed by atoms with Crippen LogP contribution in [0.3, 0.4) is 0 Å². The van der Waals surface area contributed by atoms with Crippen LogP contribution in [0.1, 0.15) is 251 Å². The van der Waals surface area contributed by atoms with Crippen molar-refractivity contribution in [3.8, 4) is 0 Å². The van der Waals surface area contributed by atoms with Crippen molar-refractivity contribution >= 4 is 11.9 Å². The summed E-state index contributed by atoms with van der Waals surface area (Å²) in [5.74, 6) is -0.592. The number of aliphatic hydroxyl groups excluding tert-OH is 1. The minimum Gasteiger partial charge on any atom is -0.462 e. The van der Waals surface area contributed by atoms with E-state index in [-0.39, 0.29) is 25.2 Å². The van der Waals surface area contributed by atoms with Gasteiger partial charge in [0, 0.05) is 12.8 Å². The molecular weight excluding hydrogens is 657 g/mol. The molecule has 0 saturated carbocycles. The smallest absolute Gasteiger partial charge is 0.306 e. The highest BCUT2D eigenvalue weighted by Gasteiger charge is 2.16. The maximum absolute atomic E-state index is 12.2. The first kappa shape index (κ1) is 51.4. The van der Waals surface area contributed by atoms with E-state index >= 15 is 0 Å². The Bertz CT molecular complexity index is 806. The van der Waals surface area contributed by atoms with Gasteiger partial charge < -0.3 is 14.6 Å². The molecule has 0 bridgehead atoms. The van der Waals surface area contributed by atoms with Gasteiger partial charge in [-0.25, -0.2) is 0 Å². The zero-order valence-electron chi connectivity index (χ0n) is 35.5. The summed E-state index contributed by atoms with van der Waals surface area (Å²) in [6, 6.07) is 0. The predicted octanol–water partition coefficient (Wildman–Crippen LogP) is 15.0. The molecule has 53 heavy (non-hydrogen) atoms. The number of esters is 2. The van der Waals surface area contributed by atoms with Gasteiger partial charge in [-0.3, -0.25) is 9.59 Å². The van der Waals surface area contributed by atoms with E-state index in [4.69, 9.17) is 9.47 Å². The summed E-state index contributed by atoms with van der Waals surface area (Å²) < 4.78 is 10.6. The Kier molecular flexibility index (Phi) is 43.4. The van der Waals surface area contributed by atoms with Gasteiger partial charge in [-0.2, -0.15) is 0 Å². The second-order valence-electron chi connectivity index (χ2n) is 15.8. The molecule has 0 heterocycles. The van der Waals surface area contributed by atoms with Crippen LogP contribution in [0.4, 0.5) is 0 Å². The molecule has 0 radical (unpaired) electrons. The molecular formula is C48H90O5. The monoisotopic (exact) mass is 747 g/mol. The number of rotatable bonds is 43. The van der Waals surface area contributed by atoms with Crippen molar-refractivity contribution < 1.29 is 24.2 Å². The average Bonchev–Trinajstić information content (AvgIpc) is 3.16. The summed E-state index contributed by atoms with van der Waals surface area (Å²) in [7, 11) is 0. The topological polar surface area (TPSA) is 72.8 Å². The van der Waals surface area contributed by atoms with Gasteiger partial charge >= 0.3 is 11.9 Å². The Labute approximate surface area is 330 Å². The predicted molar refractivity (Wildman–Crippen MR) is 228 cm³/mol. The summed E-state index contributed by atoms with van der Waals surface area (Å²) in [5.41, 5.74) is 0. The van der Waals surface area contributed by atoms with Gasteiger partial charge in [0.05, 0.1) is 6.61 Å². The van der Waals surface area contributed by atoms with E-state index in [1.165, 1.54) is 180 Å². The fourth-order valence-corrected chi connectivity index (χ4v) is 6.90. The second kappa shape index (κ2) is 44.8. The zero-order chi connectivity index (χ0) is 38.6. The van der Waals surface area contributed by atoms with Crippen molar-refractivity contribution in [2.24, 2.45) is 0 Å². The molecule has 0 aromatic rings. The van der Waals surface area contributed by atoms with Crippen LogP contribution in [0.2, 0.25) is 0 Å². The van der Waals surface area contributed by atoms with E-state index < -0.39 is 6.10 Å². The van der Waals surface area contributed by atoms with E-state index in [9.17, 15) is 14.7 Å². The van der Waals surface area contributed by atoms with Gasteiger partial charge in [0.2, 0.25) is 0 Å². The number of hydrogen-bond donors (Lipinski definition) is 1. The molecule has 1 atom stereocenters. The summed E-state index contributed by atoms with van der Waals surface area (Å²) >= 11 is 0. The highest BCUT2D eigenvalue weighted by Crippen LogP contribution is 2.16. The molecule has 0 rings (SSSR count). The van der Waals surface area contributed by atoms with E-state index in [0.717, 1.165) is 44.9 Å². The molecule has 1 unspecified atom stereocenters. The molecule has 312 valence electrons. The SMILES string of the molecule is CCCCC/C=C\CCCCCCCC(=O)OCC(CO)OC(=O)CCCCCCCCCCCCCCCCC/C=C\CCCCCCCCCC. The average molecular weight is 747 g/mol.